The quantitative estimate of drug-likeness (QED) is 0.644. The van der Waals surface area contributed by atoms with E-state index in [9.17, 15) is 13.2 Å². The van der Waals surface area contributed by atoms with E-state index in [1.807, 2.05) is 32.2 Å². The van der Waals surface area contributed by atoms with Gasteiger partial charge in [0.1, 0.15) is 5.69 Å². The van der Waals surface area contributed by atoms with Crippen molar-refractivity contribution in [1.29, 1.82) is 0 Å². The number of pyridine rings is 2. The Morgan fingerprint density at radius 2 is 1.71 bits per heavy atom. The number of alkyl halides is 3. The molecule has 1 radical (unpaired) electrons. The Balaban J connectivity index is 0.000000386. The molecule has 24 heavy (non-hydrogen) atoms. The van der Waals surface area contributed by atoms with Gasteiger partial charge in [-0.3, -0.25) is 9.97 Å². The van der Waals surface area contributed by atoms with Gasteiger partial charge in [0.2, 0.25) is 0 Å². The zero-order valence-corrected chi connectivity index (χ0v) is 17.0. The second-order valence-corrected chi connectivity index (χ2v) is 4.61. The summed E-state index contributed by atoms with van der Waals surface area (Å²) in [5, 5.41) is 0. The fourth-order valence-corrected chi connectivity index (χ4v) is 1.80. The fourth-order valence-electron chi connectivity index (χ4n) is 1.80. The molecule has 1 aliphatic heterocycles. The molecule has 129 valence electrons. The molecule has 2 aromatic rings. The first-order valence-electron chi connectivity index (χ1n) is 7.55. The summed E-state index contributed by atoms with van der Waals surface area (Å²) in [5.74, 6) is 0.994. The molecular formula is C17H21F3N3Y-. The van der Waals surface area contributed by atoms with Crippen LogP contribution in [0.5, 0.6) is 0 Å². The Kier molecular flexibility index (Phi) is 11.0. The van der Waals surface area contributed by atoms with E-state index in [0.717, 1.165) is 25.1 Å². The first-order chi connectivity index (χ1) is 11.0. The predicted molar refractivity (Wildman–Crippen MR) is 85.2 cm³/mol. The number of hydrogen-bond donors (Lipinski definition) is 0. The molecule has 7 heteroatoms. The van der Waals surface area contributed by atoms with Gasteiger partial charge < -0.3 is 4.90 Å². The number of hydrogen-bond acceptors (Lipinski definition) is 3. The number of aromatic nitrogens is 2. The predicted octanol–water partition coefficient (Wildman–Crippen LogP) is 4.52. The molecule has 0 amide bonds. The second-order valence-electron chi connectivity index (χ2n) is 4.61. The third-order valence-electron chi connectivity index (χ3n) is 3.03. The van der Waals surface area contributed by atoms with Crippen molar-refractivity contribution in [3.05, 3.63) is 54.0 Å². The summed E-state index contributed by atoms with van der Waals surface area (Å²) in [6, 6.07) is 9.74. The second kappa shape index (κ2) is 11.5. The van der Waals surface area contributed by atoms with Gasteiger partial charge in [-0.05, 0) is 25.0 Å². The zero-order valence-electron chi connectivity index (χ0n) is 14.1. The summed E-state index contributed by atoms with van der Waals surface area (Å²) >= 11 is 0. The molecule has 0 N–H and O–H groups in total. The maximum atomic E-state index is 12.0. The Morgan fingerprint density at radius 3 is 2.08 bits per heavy atom. The van der Waals surface area contributed by atoms with Crippen molar-refractivity contribution in [2.75, 3.05) is 18.0 Å². The third-order valence-corrected chi connectivity index (χ3v) is 3.03. The van der Waals surface area contributed by atoms with E-state index in [4.69, 9.17) is 0 Å². The van der Waals surface area contributed by atoms with Crippen molar-refractivity contribution in [1.82, 2.24) is 9.97 Å². The van der Waals surface area contributed by atoms with Crippen LogP contribution >= 0.6 is 0 Å². The van der Waals surface area contributed by atoms with E-state index in [-0.39, 0.29) is 38.3 Å². The molecule has 0 aromatic carbocycles. The molecule has 0 spiro atoms. The minimum atomic E-state index is -4.33. The van der Waals surface area contributed by atoms with Crippen molar-refractivity contribution in [2.24, 2.45) is 0 Å². The van der Waals surface area contributed by atoms with Gasteiger partial charge in [0, 0.05) is 57.8 Å². The number of nitrogens with zero attached hydrogens (tertiary/aromatic N) is 3. The molecule has 3 nitrogen and oxygen atoms in total. The Morgan fingerprint density at radius 1 is 1.08 bits per heavy atom. The van der Waals surface area contributed by atoms with Crippen molar-refractivity contribution in [2.45, 2.75) is 33.4 Å². The summed E-state index contributed by atoms with van der Waals surface area (Å²) in [5.41, 5.74) is -0.653. The van der Waals surface area contributed by atoms with Crippen molar-refractivity contribution in [3.8, 4) is 0 Å². The van der Waals surface area contributed by atoms with E-state index in [1.54, 1.807) is 0 Å². The van der Waals surface area contributed by atoms with Gasteiger partial charge in [0.15, 0.2) is 0 Å². The van der Waals surface area contributed by atoms with Crippen LogP contribution in [0.1, 0.15) is 31.5 Å². The van der Waals surface area contributed by atoms with E-state index in [2.05, 4.69) is 20.9 Å². The van der Waals surface area contributed by atoms with Gasteiger partial charge >= 0.3 is 6.18 Å². The van der Waals surface area contributed by atoms with Gasteiger partial charge in [-0.2, -0.15) is 19.2 Å². The smallest absolute Gasteiger partial charge is 0.372 e. The molecule has 1 fully saturated rings. The fraction of sp³-hybridized carbons (Fsp3) is 0.412. The average Bonchev–Trinajstić information content (AvgIpc) is 2.49. The van der Waals surface area contributed by atoms with Crippen LogP contribution < -0.4 is 4.90 Å². The minimum Gasteiger partial charge on any atom is -0.372 e. The van der Waals surface area contributed by atoms with Crippen LogP contribution in [-0.2, 0) is 38.9 Å². The summed E-state index contributed by atoms with van der Waals surface area (Å²) in [7, 11) is 0. The molecule has 1 aliphatic rings. The van der Waals surface area contributed by atoms with E-state index in [0.29, 0.717) is 0 Å². The molecule has 0 atom stereocenters. The van der Waals surface area contributed by atoms with Crippen LogP contribution in [-0.4, -0.2) is 23.1 Å². The first kappa shape index (κ1) is 23.0. The molecular weight excluding hydrogens is 392 g/mol. The third kappa shape index (κ3) is 7.26. The molecule has 0 saturated carbocycles. The van der Waals surface area contributed by atoms with Crippen LogP contribution in [0, 0.1) is 13.0 Å². The number of anilines is 1. The van der Waals surface area contributed by atoms with Gasteiger partial charge in [-0.25, -0.2) is 12.1 Å². The first-order valence-corrected chi connectivity index (χ1v) is 7.55. The van der Waals surface area contributed by atoms with Gasteiger partial charge in [0.05, 0.1) is 0 Å². The van der Waals surface area contributed by atoms with Gasteiger partial charge in [-0.1, -0.05) is 26.1 Å². The molecule has 0 unspecified atom stereocenters. The maximum absolute atomic E-state index is 12.0. The van der Waals surface area contributed by atoms with Crippen LogP contribution in [0.3, 0.4) is 0 Å². The molecule has 2 aromatic heterocycles. The molecule has 3 heterocycles. The number of halogens is 3. The standard InChI is InChI=1S/C8H9N2.C7H6F3N.C2H6.Y/c1-2-5-9-8(4-1)10-6-3-7-10;1-5-3-2-4-11-6(5)7(8,9)10;1-2;/h1-2,5H,3,6-7H2;2-4H,1H3;1-2H3;/q-1;;;. The Labute approximate surface area is 166 Å². The van der Waals surface area contributed by atoms with Crippen molar-refractivity contribution >= 4 is 5.82 Å². The summed E-state index contributed by atoms with van der Waals surface area (Å²) in [6.45, 7) is 7.68. The molecule has 3 rings (SSSR count). The normalized spacial score (nSPS) is 12.5. The average molecular weight is 413 g/mol. The number of aryl methyl sites for hydroxylation is 1. The van der Waals surface area contributed by atoms with Crippen LogP contribution in [0.15, 0.2) is 36.7 Å². The maximum Gasteiger partial charge on any atom is 0.433 e. The minimum absolute atomic E-state index is 0. The van der Waals surface area contributed by atoms with Gasteiger partial charge in [-0.15, -0.1) is 0 Å². The van der Waals surface area contributed by atoms with Crippen molar-refractivity contribution in [3.63, 3.8) is 0 Å². The summed E-state index contributed by atoms with van der Waals surface area (Å²) in [6.07, 6.45) is -0.0876. The van der Waals surface area contributed by atoms with Crippen LogP contribution in [0.2, 0.25) is 0 Å². The Hall–Kier alpha value is -1.01. The van der Waals surface area contributed by atoms with Crippen LogP contribution in [0.4, 0.5) is 19.0 Å². The SMILES string of the molecule is CC.Cc1cccnc1C(F)(F)F.[Y].[c-]1cccnc1N1CCC1. The van der Waals surface area contributed by atoms with Crippen LogP contribution in [0.25, 0.3) is 0 Å². The number of rotatable bonds is 1. The topological polar surface area (TPSA) is 29.0 Å². The van der Waals surface area contributed by atoms with Gasteiger partial charge in [0.25, 0.3) is 0 Å². The van der Waals surface area contributed by atoms with E-state index in [1.165, 1.54) is 25.5 Å². The van der Waals surface area contributed by atoms with E-state index < -0.39 is 11.9 Å². The van der Waals surface area contributed by atoms with Crippen molar-refractivity contribution < 1.29 is 45.9 Å². The summed E-state index contributed by atoms with van der Waals surface area (Å²) in [4.78, 5) is 9.62. The Bertz CT molecular complexity index is 573. The van der Waals surface area contributed by atoms with E-state index >= 15 is 0 Å². The summed E-state index contributed by atoms with van der Waals surface area (Å²) < 4.78 is 36.0. The largest absolute Gasteiger partial charge is 0.433 e. The zero-order chi connectivity index (χ0) is 17.3. The molecule has 1 saturated heterocycles. The monoisotopic (exact) mass is 413 g/mol. The molecule has 0 aliphatic carbocycles. The molecule has 0 bridgehead atoms.